The summed E-state index contributed by atoms with van der Waals surface area (Å²) in [5, 5.41) is 0. The van der Waals surface area contributed by atoms with Gasteiger partial charge in [-0.25, -0.2) is 4.39 Å². The lowest BCUT2D eigenvalue weighted by Gasteiger charge is -2.26. The Kier molecular flexibility index (Phi) is 9.67. The van der Waals surface area contributed by atoms with Crippen LogP contribution < -0.4 is 0 Å². The quantitative estimate of drug-likeness (QED) is 0.282. The zero-order valence-electron chi connectivity index (χ0n) is 19.6. The number of benzene rings is 2. The van der Waals surface area contributed by atoms with Crippen molar-refractivity contribution in [3.8, 4) is 11.8 Å². The van der Waals surface area contributed by atoms with E-state index in [1.165, 1.54) is 49.7 Å². The van der Waals surface area contributed by atoms with Crippen LogP contribution in [0.15, 0.2) is 42.5 Å². The van der Waals surface area contributed by atoms with Crippen molar-refractivity contribution in [1.29, 1.82) is 0 Å². The molecule has 166 valence electrons. The van der Waals surface area contributed by atoms with Gasteiger partial charge in [0.25, 0.3) is 0 Å². The maximum absolute atomic E-state index is 14.3. The monoisotopic (exact) mass is 418 g/mol. The normalized spacial score (nSPS) is 18.4. The third-order valence-corrected chi connectivity index (χ3v) is 6.77. The number of rotatable bonds is 9. The van der Waals surface area contributed by atoms with E-state index in [4.69, 9.17) is 0 Å². The zero-order chi connectivity index (χ0) is 21.9. The molecule has 0 saturated heterocycles. The standard InChI is InChI=1S/C30H39F/c1-3-5-7-9-24-13-18-27(19-14-24)28-20-15-25(16-21-28)11-12-26-17-22-29(30(31)23-26)10-8-6-4-2/h13-14,17-19,22-23,25,28H,3-10,15-16,20-21H2,1-2H3. The first-order valence-corrected chi connectivity index (χ1v) is 12.6. The van der Waals surface area contributed by atoms with Gasteiger partial charge < -0.3 is 0 Å². The van der Waals surface area contributed by atoms with E-state index in [0.29, 0.717) is 11.8 Å². The van der Waals surface area contributed by atoms with Crippen LogP contribution in [0, 0.1) is 23.6 Å². The second-order valence-electron chi connectivity index (χ2n) is 9.28. The summed E-state index contributed by atoms with van der Waals surface area (Å²) in [5.74, 6) is 7.69. The lowest BCUT2D eigenvalue weighted by Crippen LogP contribution is -2.12. The molecule has 0 bridgehead atoms. The molecule has 0 atom stereocenters. The van der Waals surface area contributed by atoms with Gasteiger partial charge in [-0.3, -0.25) is 0 Å². The Morgan fingerprint density at radius 3 is 2.13 bits per heavy atom. The van der Waals surface area contributed by atoms with Crippen molar-refractivity contribution in [2.75, 3.05) is 0 Å². The molecule has 0 radical (unpaired) electrons. The fraction of sp³-hybridized carbons (Fsp3) is 0.533. The summed E-state index contributed by atoms with van der Waals surface area (Å²) in [7, 11) is 0. The van der Waals surface area contributed by atoms with Crippen molar-refractivity contribution < 1.29 is 4.39 Å². The molecule has 1 fully saturated rings. The molecule has 0 unspecified atom stereocenters. The Labute approximate surface area is 189 Å². The number of aryl methyl sites for hydroxylation is 2. The van der Waals surface area contributed by atoms with Crippen LogP contribution in [0.3, 0.4) is 0 Å². The highest BCUT2D eigenvalue weighted by atomic mass is 19.1. The topological polar surface area (TPSA) is 0 Å². The second kappa shape index (κ2) is 12.7. The number of hydrogen-bond donors (Lipinski definition) is 0. The predicted octanol–water partition coefficient (Wildman–Crippen LogP) is 8.62. The molecule has 1 saturated carbocycles. The van der Waals surface area contributed by atoms with Crippen molar-refractivity contribution in [3.05, 3.63) is 70.5 Å². The second-order valence-corrected chi connectivity index (χ2v) is 9.28. The Morgan fingerprint density at radius 1 is 0.806 bits per heavy atom. The average Bonchev–Trinajstić information content (AvgIpc) is 2.80. The third kappa shape index (κ3) is 7.53. The minimum atomic E-state index is -0.0928. The average molecular weight is 419 g/mol. The molecule has 0 nitrogen and oxygen atoms in total. The van der Waals surface area contributed by atoms with Gasteiger partial charge in [-0.05, 0) is 86.1 Å². The molecule has 0 heterocycles. The number of halogens is 1. The summed E-state index contributed by atoms with van der Waals surface area (Å²) in [6.07, 6.45) is 14.0. The summed E-state index contributed by atoms with van der Waals surface area (Å²) >= 11 is 0. The van der Waals surface area contributed by atoms with E-state index in [1.807, 2.05) is 12.1 Å². The molecule has 1 heteroatoms. The Hall–Kier alpha value is -2.07. The number of unbranched alkanes of at least 4 members (excludes halogenated alkanes) is 4. The predicted molar refractivity (Wildman–Crippen MR) is 131 cm³/mol. The molecule has 0 spiro atoms. The fourth-order valence-electron chi connectivity index (χ4n) is 4.69. The Morgan fingerprint density at radius 2 is 1.48 bits per heavy atom. The van der Waals surface area contributed by atoms with Crippen molar-refractivity contribution in [2.24, 2.45) is 5.92 Å². The van der Waals surface area contributed by atoms with Crippen LogP contribution in [0.4, 0.5) is 4.39 Å². The lowest BCUT2D eigenvalue weighted by molar-refractivity contribution is 0.384. The van der Waals surface area contributed by atoms with Gasteiger partial charge in [0.15, 0.2) is 0 Å². The van der Waals surface area contributed by atoms with Crippen LogP contribution in [-0.2, 0) is 12.8 Å². The van der Waals surface area contributed by atoms with Crippen molar-refractivity contribution >= 4 is 0 Å². The summed E-state index contributed by atoms with van der Waals surface area (Å²) < 4.78 is 14.3. The van der Waals surface area contributed by atoms with Crippen molar-refractivity contribution in [2.45, 2.75) is 96.8 Å². The first-order chi connectivity index (χ1) is 15.2. The van der Waals surface area contributed by atoms with E-state index in [-0.39, 0.29) is 5.82 Å². The summed E-state index contributed by atoms with van der Waals surface area (Å²) in [6, 6.07) is 14.9. The van der Waals surface area contributed by atoms with Gasteiger partial charge in [-0.1, -0.05) is 81.7 Å². The van der Waals surface area contributed by atoms with E-state index >= 15 is 0 Å². The highest BCUT2D eigenvalue weighted by molar-refractivity contribution is 5.37. The van der Waals surface area contributed by atoms with Gasteiger partial charge in [-0.2, -0.15) is 0 Å². The van der Waals surface area contributed by atoms with Gasteiger partial charge in [0, 0.05) is 11.5 Å². The fourth-order valence-corrected chi connectivity index (χ4v) is 4.69. The van der Waals surface area contributed by atoms with Gasteiger partial charge in [-0.15, -0.1) is 0 Å². The maximum atomic E-state index is 14.3. The SMILES string of the molecule is CCCCCc1ccc(C2CCC(C#Cc3ccc(CCCCC)c(F)c3)CC2)cc1. The van der Waals surface area contributed by atoms with Crippen LogP contribution in [0.25, 0.3) is 0 Å². The van der Waals surface area contributed by atoms with E-state index in [1.54, 1.807) is 6.07 Å². The van der Waals surface area contributed by atoms with Gasteiger partial charge in [0.1, 0.15) is 5.82 Å². The molecule has 3 rings (SSSR count). The molecule has 2 aromatic carbocycles. The van der Waals surface area contributed by atoms with Crippen molar-refractivity contribution in [1.82, 2.24) is 0 Å². The first-order valence-electron chi connectivity index (χ1n) is 12.6. The van der Waals surface area contributed by atoms with E-state index in [0.717, 1.165) is 49.7 Å². The smallest absolute Gasteiger partial charge is 0.127 e. The number of hydrogen-bond acceptors (Lipinski definition) is 0. The van der Waals surface area contributed by atoms with Gasteiger partial charge in [0.2, 0.25) is 0 Å². The highest BCUT2D eigenvalue weighted by Gasteiger charge is 2.21. The molecule has 1 aliphatic rings. The van der Waals surface area contributed by atoms with Crippen LogP contribution >= 0.6 is 0 Å². The zero-order valence-corrected chi connectivity index (χ0v) is 19.6. The summed E-state index contributed by atoms with van der Waals surface area (Å²) in [5.41, 5.74) is 4.61. The largest absolute Gasteiger partial charge is 0.207 e. The van der Waals surface area contributed by atoms with Gasteiger partial charge >= 0.3 is 0 Å². The van der Waals surface area contributed by atoms with E-state index < -0.39 is 0 Å². The van der Waals surface area contributed by atoms with E-state index in [2.05, 4.69) is 50.0 Å². The molecular formula is C30H39F. The molecule has 0 aliphatic heterocycles. The van der Waals surface area contributed by atoms with Crippen LogP contribution in [0.2, 0.25) is 0 Å². The van der Waals surface area contributed by atoms with Crippen LogP contribution in [0.1, 0.15) is 106 Å². The minimum Gasteiger partial charge on any atom is -0.207 e. The molecular weight excluding hydrogens is 379 g/mol. The molecule has 0 aromatic heterocycles. The Balaban J connectivity index is 1.48. The highest BCUT2D eigenvalue weighted by Crippen LogP contribution is 2.35. The lowest BCUT2D eigenvalue weighted by atomic mass is 9.78. The third-order valence-electron chi connectivity index (χ3n) is 6.77. The van der Waals surface area contributed by atoms with Gasteiger partial charge in [0.05, 0.1) is 0 Å². The molecule has 0 amide bonds. The summed E-state index contributed by atoms with van der Waals surface area (Å²) in [6.45, 7) is 4.43. The maximum Gasteiger partial charge on any atom is 0.127 e. The van der Waals surface area contributed by atoms with Crippen LogP contribution in [-0.4, -0.2) is 0 Å². The molecule has 31 heavy (non-hydrogen) atoms. The van der Waals surface area contributed by atoms with Crippen molar-refractivity contribution in [3.63, 3.8) is 0 Å². The molecule has 1 aliphatic carbocycles. The van der Waals surface area contributed by atoms with E-state index in [9.17, 15) is 4.39 Å². The van der Waals surface area contributed by atoms with Crippen LogP contribution in [0.5, 0.6) is 0 Å². The minimum absolute atomic E-state index is 0.0928. The molecule has 0 N–H and O–H groups in total. The Bertz CT molecular complexity index is 844. The summed E-state index contributed by atoms with van der Waals surface area (Å²) in [4.78, 5) is 0. The first kappa shape index (κ1) is 23.6. The molecule has 2 aromatic rings.